The second kappa shape index (κ2) is 10.7. The fourth-order valence-corrected chi connectivity index (χ4v) is 4.46. The summed E-state index contributed by atoms with van der Waals surface area (Å²) in [6.45, 7) is 5.84. The molecule has 2 heterocycles. The Hall–Kier alpha value is -4.04. The number of thioether (sulfide) groups is 1. The van der Waals surface area contributed by atoms with Gasteiger partial charge in [-0.05, 0) is 36.8 Å². The first kappa shape index (κ1) is 23.1. The van der Waals surface area contributed by atoms with E-state index in [1.807, 2.05) is 47.0 Å². The number of amides is 1. The smallest absolute Gasteiger partial charge is 0.242 e. The molecular weight excluding hydrogens is 446 g/mol. The number of carbonyl (C=O) groups is 2. The van der Waals surface area contributed by atoms with Gasteiger partial charge in [0.2, 0.25) is 5.91 Å². The van der Waals surface area contributed by atoms with Crippen molar-refractivity contribution in [1.82, 2.24) is 19.7 Å². The third-order valence-corrected chi connectivity index (χ3v) is 6.30. The highest BCUT2D eigenvalue weighted by atomic mass is 32.2. The average molecular weight is 470 g/mol. The van der Waals surface area contributed by atoms with Gasteiger partial charge in [0.05, 0.1) is 0 Å². The molecule has 0 bridgehead atoms. The monoisotopic (exact) mass is 469 g/mol. The number of carbonyl (C=O) groups excluding carboxylic acids is 2. The Kier molecular flexibility index (Phi) is 7.29. The van der Waals surface area contributed by atoms with Crippen molar-refractivity contribution in [2.24, 2.45) is 0 Å². The molecule has 4 aromatic rings. The molecule has 4 rings (SSSR count). The molecule has 1 N–H and O–H groups in total. The molecule has 0 aliphatic carbocycles. The molecular formula is C26H23N5O2S. The lowest BCUT2D eigenvalue weighted by Gasteiger charge is -2.17. The average Bonchev–Trinajstić information content (AvgIpc) is 3.26. The van der Waals surface area contributed by atoms with Crippen molar-refractivity contribution in [2.45, 2.75) is 23.9 Å². The molecule has 2 aromatic heterocycles. The van der Waals surface area contributed by atoms with Gasteiger partial charge in [0.1, 0.15) is 5.25 Å². The van der Waals surface area contributed by atoms with E-state index in [1.165, 1.54) is 18.7 Å². The maximum atomic E-state index is 13.4. The number of ketones is 1. The molecule has 0 aliphatic rings. The Morgan fingerprint density at radius 3 is 2.53 bits per heavy atom. The van der Waals surface area contributed by atoms with Crippen LogP contribution in [-0.4, -0.2) is 31.4 Å². The van der Waals surface area contributed by atoms with Crippen LogP contribution >= 0.6 is 11.8 Å². The highest BCUT2D eigenvalue weighted by Gasteiger charge is 2.26. The molecule has 0 saturated carbocycles. The van der Waals surface area contributed by atoms with Gasteiger partial charge >= 0.3 is 0 Å². The van der Waals surface area contributed by atoms with E-state index < -0.39 is 5.25 Å². The van der Waals surface area contributed by atoms with Crippen LogP contribution in [0.1, 0.15) is 28.1 Å². The van der Waals surface area contributed by atoms with E-state index in [1.54, 1.807) is 42.7 Å². The first-order valence-corrected chi connectivity index (χ1v) is 11.5. The van der Waals surface area contributed by atoms with E-state index in [-0.39, 0.29) is 11.7 Å². The summed E-state index contributed by atoms with van der Waals surface area (Å²) in [5, 5.41) is 11.7. The summed E-state index contributed by atoms with van der Waals surface area (Å²) in [4.78, 5) is 29.3. The zero-order valence-electron chi connectivity index (χ0n) is 18.6. The van der Waals surface area contributed by atoms with Gasteiger partial charge < -0.3 is 5.32 Å². The Labute approximate surface area is 202 Å². The van der Waals surface area contributed by atoms with E-state index in [0.29, 0.717) is 28.8 Å². The number of Topliss-reactive ketones (excluding diaryl/α,β-unsaturated/α-hetero) is 1. The molecule has 8 heteroatoms. The van der Waals surface area contributed by atoms with Gasteiger partial charge in [0.15, 0.2) is 16.8 Å². The van der Waals surface area contributed by atoms with E-state index >= 15 is 0 Å². The molecule has 0 fully saturated rings. The van der Waals surface area contributed by atoms with Crippen molar-refractivity contribution in [3.8, 4) is 11.4 Å². The lowest BCUT2D eigenvalue weighted by Crippen LogP contribution is -2.20. The predicted molar refractivity (Wildman–Crippen MR) is 134 cm³/mol. The number of aromatic nitrogens is 4. The minimum absolute atomic E-state index is 0.0637. The van der Waals surface area contributed by atoms with Crippen LogP contribution in [0.15, 0.2) is 96.9 Å². The highest BCUT2D eigenvalue weighted by molar-refractivity contribution is 8.00. The number of hydrogen-bond donors (Lipinski definition) is 1. The summed E-state index contributed by atoms with van der Waals surface area (Å²) < 4.78 is 1.92. The van der Waals surface area contributed by atoms with Crippen LogP contribution in [0.5, 0.6) is 0 Å². The van der Waals surface area contributed by atoms with Crippen LogP contribution in [0.25, 0.3) is 11.4 Å². The molecule has 0 radical (unpaired) electrons. The van der Waals surface area contributed by atoms with Gasteiger partial charge in [-0.1, -0.05) is 60.3 Å². The third-order valence-electron chi connectivity index (χ3n) is 5.07. The molecule has 1 amide bonds. The summed E-state index contributed by atoms with van der Waals surface area (Å²) in [5.41, 5.74) is 2.79. The first-order chi connectivity index (χ1) is 16.6. The summed E-state index contributed by atoms with van der Waals surface area (Å²) in [6.07, 6.45) is 5.16. The summed E-state index contributed by atoms with van der Waals surface area (Å²) >= 11 is 1.31. The SMILES string of the molecule is C=CCn1c(SC(C(=O)Nc2cccc(C(C)=O)c2)c2ccccc2)nnc1-c1ccncc1. The van der Waals surface area contributed by atoms with E-state index in [9.17, 15) is 9.59 Å². The second-order valence-corrected chi connectivity index (χ2v) is 8.55. The number of anilines is 1. The molecule has 0 saturated heterocycles. The lowest BCUT2D eigenvalue weighted by atomic mass is 10.1. The molecule has 0 aliphatic heterocycles. The van der Waals surface area contributed by atoms with E-state index in [2.05, 4.69) is 27.1 Å². The quantitative estimate of drug-likeness (QED) is 0.206. The standard InChI is InChI=1S/C26H23N5O2S/c1-3-16-31-24(20-12-14-27-15-13-20)29-30-26(31)34-23(19-8-5-4-6-9-19)25(33)28-22-11-7-10-21(17-22)18(2)32/h3-15,17,23H,1,16H2,2H3,(H,28,33). The maximum absolute atomic E-state index is 13.4. The number of pyridine rings is 1. The van der Waals surface area contributed by atoms with Crippen molar-refractivity contribution >= 4 is 29.1 Å². The number of allylic oxidation sites excluding steroid dienone is 1. The topological polar surface area (TPSA) is 89.8 Å². The van der Waals surface area contributed by atoms with Crippen LogP contribution in [0.4, 0.5) is 5.69 Å². The Bertz CT molecular complexity index is 1310. The lowest BCUT2D eigenvalue weighted by molar-refractivity contribution is -0.115. The molecule has 1 unspecified atom stereocenters. The van der Waals surface area contributed by atoms with E-state index in [4.69, 9.17) is 0 Å². The molecule has 2 aromatic carbocycles. The third kappa shape index (κ3) is 5.29. The number of nitrogens with zero attached hydrogens (tertiary/aromatic N) is 4. The highest BCUT2D eigenvalue weighted by Crippen LogP contribution is 2.37. The Morgan fingerprint density at radius 1 is 1.06 bits per heavy atom. The largest absolute Gasteiger partial charge is 0.325 e. The van der Waals surface area contributed by atoms with E-state index in [0.717, 1.165) is 11.1 Å². The van der Waals surface area contributed by atoms with Crippen molar-refractivity contribution in [1.29, 1.82) is 0 Å². The summed E-state index contributed by atoms with van der Waals surface area (Å²) in [6, 6.07) is 20.1. The first-order valence-electron chi connectivity index (χ1n) is 10.6. The summed E-state index contributed by atoms with van der Waals surface area (Å²) in [5.74, 6) is 0.382. The normalized spacial score (nSPS) is 11.6. The number of hydrogen-bond acceptors (Lipinski definition) is 6. The molecule has 0 spiro atoms. The van der Waals surface area contributed by atoms with Crippen LogP contribution in [-0.2, 0) is 11.3 Å². The minimum Gasteiger partial charge on any atom is -0.325 e. The summed E-state index contributed by atoms with van der Waals surface area (Å²) in [7, 11) is 0. The fraction of sp³-hybridized carbons (Fsp3) is 0.115. The molecule has 170 valence electrons. The van der Waals surface area contributed by atoms with Crippen LogP contribution in [0.3, 0.4) is 0 Å². The Balaban J connectivity index is 1.67. The molecule has 34 heavy (non-hydrogen) atoms. The zero-order chi connectivity index (χ0) is 23.9. The second-order valence-electron chi connectivity index (χ2n) is 7.48. The van der Waals surface area contributed by atoms with Crippen molar-refractivity contribution in [2.75, 3.05) is 5.32 Å². The van der Waals surface area contributed by atoms with Gasteiger partial charge in [-0.25, -0.2) is 0 Å². The van der Waals surface area contributed by atoms with Crippen molar-refractivity contribution < 1.29 is 9.59 Å². The van der Waals surface area contributed by atoms with Gasteiger partial charge in [-0.2, -0.15) is 0 Å². The fourth-order valence-electron chi connectivity index (χ4n) is 3.41. The van der Waals surface area contributed by atoms with Gasteiger partial charge in [-0.15, -0.1) is 16.8 Å². The van der Waals surface area contributed by atoms with Gasteiger partial charge in [-0.3, -0.25) is 19.1 Å². The zero-order valence-corrected chi connectivity index (χ0v) is 19.4. The van der Waals surface area contributed by atoms with Crippen LogP contribution in [0.2, 0.25) is 0 Å². The van der Waals surface area contributed by atoms with Gasteiger partial charge in [0, 0.05) is 35.8 Å². The van der Waals surface area contributed by atoms with Crippen LogP contribution < -0.4 is 5.32 Å². The van der Waals surface area contributed by atoms with Crippen LogP contribution in [0, 0.1) is 0 Å². The molecule has 7 nitrogen and oxygen atoms in total. The number of nitrogens with one attached hydrogen (secondary N) is 1. The predicted octanol–water partition coefficient (Wildman–Crippen LogP) is 5.20. The van der Waals surface area contributed by atoms with Crippen molar-refractivity contribution in [3.63, 3.8) is 0 Å². The number of benzene rings is 2. The maximum Gasteiger partial charge on any atom is 0.242 e. The van der Waals surface area contributed by atoms with Crippen molar-refractivity contribution in [3.05, 3.63) is 103 Å². The number of rotatable bonds is 9. The molecule has 1 atom stereocenters. The minimum atomic E-state index is -0.597. The Morgan fingerprint density at radius 2 is 1.82 bits per heavy atom. The van der Waals surface area contributed by atoms with Gasteiger partial charge in [0.25, 0.3) is 0 Å².